The topological polar surface area (TPSA) is 89.6 Å². The zero-order valence-electron chi connectivity index (χ0n) is 10.5. The summed E-state index contributed by atoms with van der Waals surface area (Å²) in [6.45, 7) is 4.08. The number of carboxylic acids is 1. The van der Waals surface area contributed by atoms with Crippen LogP contribution in [0, 0.1) is 6.92 Å². The maximum absolute atomic E-state index is 12.1. The van der Waals surface area contributed by atoms with E-state index in [-0.39, 0.29) is 0 Å². The molecule has 0 aliphatic heterocycles. The van der Waals surface area contributed by atoms with Crippen LogP contribution >= 0.6 is 0 Å². The van der Waals surface area contributed by atoms with Crippen LogP contribution in [0.1, 0.15) is 29.3 Å². The van der Waals surface area contributed by atoms with E-state index in [2.05, 4.69) is 0 Å². The molecule has 5 heteroatoms. The first-order chi connectivity index (χ1) is 8.45. The molecule has 0 amide bonds. The predicted octanol–water partition coefficient (Wildman–Crippen LogP) is 1.38. The van der Waals surface area contributed by atoms with Crippen LogP contribution in [0.15, 0.2) is 18.2 Å². The Labute approximate surface area is 106 Å². The second-order valence-electron chi connectivity index (χ2n) is 4.00. The van der Waals surface area contributed by atoms with Crippen LogP contribution in [0.2, 0.25) is 0 Å². The first-order valence-corrected chi connectivity index (χ1v) is 5.70. The van der Waals surface area contributed by atoms with Crippen molar-refractivity contribution in [3.63, 3.8) is 0 Å². The molecule has 0 spiro atoms. The van der Waals surface area contributed by atoms with Crippen molar-refractivity contribution in [1.82, 2.24) is 0 Å². The Bertz CT molecular complexity index is 456. The number of Topliss-reactive ketones (excluding diaryl/α,β-unsaturated/α-hetero) is 1. The van der Waals surface area contributed by atoms with Crippen LogP contribution in [0.5, 0.6) is 5.75 Å². The van der Waals surface area contributed by atoms with Gasteiger partial charge in [0.1, 0.15) is 5.75 Å². The molecule has 1 atom stereocenters. The van der Waals surface area contributed by atoms with Gasteiger partial charge in [0.2, 0.25) is 0 Å². The highest BCUT2D eigenvalue weighted by atomic mass is 16.5. The van der Waals surface area contributed by atoms with Crippen molar-refractivity contribution < 1.29 is 19.4 Å². The van der Waals surface area contributed by atoms with Gasteiger partial charge in [-0.2, -0.15) is 0 Å². The van der Waals surface area contributed by atoms with Gasteiger partial charge in [-0.3, -0.25) is 9.59 Å². The van der Waals surface area contributed by atoms with Crippen molar-refractivity contribution in [2.45, 2.75) is 26.3 Å². The molecular formula is C13H17NO4. The molecule has 0 radical (unpaired) electrons. The minimum atomic E-state index is -1.10. The third-order valence-corrected chi connectivity index (χ3v) is 2.43. The lowest BCUT2D eigenvalue weighted by Crippen LogP contribution is -2.33. The van der Waals surface area contributed by atoms with Crippen LogP contribution in [0.25, 0.3) is 0 Å². The number of carboxylic acid groups (broad SMARTS) is 1. The van der Waals surface area contributed by atoms with Gasteiger partial charge in [0, 0.05) is 0 Å². The maximum Gasteiger partial charge on any atom is 0.305 e. The molecular weight excluding hydrogens is 234 g/mol. The number of aryl methyl sites for hydroxylation is 1. The van der Waals surface area contributed by atoms with Gasteiger partial charge in [0.15, 0.2) is 5.78 Å². The van der Waals surface area contributed by atoms with Crippen molar-refractivity contribution in [2.24, 2.45) is 5.73 Å². The van der Waals surface area contributed by atoms with E-state index in [4.69, 9.17) is 15.6 Å². The maximum atomic E-state index is 12.1. The van der Waals surface area contributed by atoms with E-state index < -0.39 is 24.2 Å². The number of rotatable bonds is 6. The van der Waals surface area contributed by atoms with Crippen molar-refractivity contribution in [3.8, 4) is 5.75 Å². The van der Waals surface area contributed by atoms with E-state index in [1.54, 1.807) is 12.1 Å². The predicted molar refractivity (Wildman–Crippen MR) is 66.9 cm³/mol. The Kier molecular flexibility index (Phi) is 4.85. The molecule has 0 fully saturated rings. The van der Waals surface area contributed by atoms with Crippen molar-refractivity contribution >= 4 is 11.8 Å². The smallest absolute Gasteiger partial charge is 0.305 e. The van der Waals surface area contributed by atoms with Crippen molar-refractivity contribution in [2.75, 3.05) is 6.61 Å². The summed E-state index contributed by atoms with van der Waals surface area (Å²) in [6.07, 6.45) is -0.391. The summed E-state index contributed by atoms with van der Waals surface area (Å²) in [5.74, 6) is -1.07. The van der Waals surface area contributed by atoms with Gasteiger partial charge in [0.05, 0.1) is 24.6 Å². The number of ketones is 1. The Hall–Kier alpha value is -1.88. The second kappa shape index (κ2) is 6.16. The highest BCUT2D eigenvalue weighted by Crippen LogP contribution is 2.22. The monoisotopic (exact) mass is 251 g/mol. The fourth-order valence-electron chi connectivity index (χ4n) is 1.60. The first-order valence-electron chi connectivity index (χ1n) is 5.70. The van der Waals surface area contributed by atoms with Gasteiger partial charge >= 0.3 is 5.97 Å². The number of nitrogens with two attached hydrogens (primary N) is 1. The first kappa shape index (κ1) is 14.2. The van der Waals surface area contributed by atoms with E-state index in [1.165, 1.54) is 0 Å². The molecule has 98 valence electrons. The summed E-state index contributed by atoms with van der Waals surface area (Å²) < 4.78 is 5.34. The fraction of sp³-hybridized carbons (Fsp3) is 0.385. The fourth-order valence-corrected chi connectivity index (χ4v) is 1.60. The molecule has 1 aromatic rings. The minimum absolute atomic E-state index is 0.339. The van der Waals surface area contributed by atoms with Crippen LogP contribution in [-0.4, -0.2) is 29.5 Å². The van der Waals surface area contributed by atoms with Crippen LogP contribution in [0.4, 0.5) is 0 Å². The molecule has 0 saturated heterocycles. The molecule has 18 heavy (non-hydrogen) atoms. The summed E-state index contributed by atoms with van der Waals surface area (Å²) in [6, 6.07) is 4.13. The lowest BCUT2D eigenvalue weighted by molar-refractivity contribution is -0.137. The lowest BCUT2D eigenvalue weighted by Gasteiger charge is -2.13. The van der Waals surface area contributed by atoms with E-state index in [0.29, 0.717) is 17.9 Å². The van der Waals surface area contributed by atoms with E-state index in [0.717, 1.165) is 5.56 Å². The van der Waals surface area contributed by atoms with Gasteiger partial charge < -0.3 is 15.6 Å². The summed E-state index contributed by atoms with van der Waals surface area (Å²) in [7, 11) is 0. The quantitative estimate of drug-likeness (QED) is 0.745. The molecule has 0 saturated carbocycles. The molecule has 0 heterocycles. The molecule has 0 aromatic heterocycles. The number of hydrogen-bond donors (Lipinski definition) is 2. The number of aliphatic carboxylic acids is 1. The Morgan fingerprint density at radius 3 is 2.67 bits per heavy atom. The molecule has 0 aliphatic carbocycles. The number of benzene rings is 1. The number of carbonyl (C=O) groups is 2. The van der Waals surface area contributed by atoms with Gasteiger partial charge in [-0.15, -0.1) is 0 Å². The third-order valence-electron chi connectivity index (χ3n) is 2.43. The normalized spacial score (nSPS) is 11.9. The van der Waals surface area contributed by atoms with Crippen LogP contribution in [-0.2, 0) is 4.79 Å². The van der Waals surface area contributed by atoms with Gasteiger partial charge in [-0.25, -0.2) is 0 Å². The number of carbonyl (C=O) groups excluding carboxylic acids is 1. The van der Waals surface area contributed by atoms with Gasteiger partial charge in [-0.05, 0) is 26.0 Å². The van der Waals surface area contributed by atoms with Crippen molar-refractivity contribution in [1.29, 1.82) is 0 Å². The highest BCUT2D eigenvalue weighted by molar-refractivity contribution is 6.03. The summed E-state index contributed by atoms with van der Waals surface area (Å²) in [5, 5.41) is 8.64. The minimum Gasteiger partial charge on any atom is -0.493 e. The summed E-state index contributed by atoms with van der Waals surface area (Å²) in [4.78, 5) is 22.6. The molecule has 5 nitrogen and oxygen atoms in total. The number of hydrogen-bond acceptors (Lipinski definition) is 4. The average Bonchev–Trinajstić information content (AvgIpc) is 2.30. The average molecular weight is 251 g/mol. The number of ether oxygens (including phenoxy) is 1. The molecule has 1 rings (SSSR count). The molecule has 1 unspecified atom stereocenters. The largest absolute Gasteiger partial charge is 0.493 e. The van der Waals surface area contributed by atoms with Gasteiger partial charge in [0.25, 0.3) is 0 Å². The summed E-state index contributed by atoms with van der Waals surface area (Å²) in [5.41, 5.74) is 6.81. The Balaban J connectivity index is 3.02. The zero-order chi connectivity index (χ0) is 13.7. The third kappa shape index (κ3) is 3.56. The molecule has 0 bridgehead atoms. The molecule has 1 aromatic carbocycles. The lowest BCUT2D eigenvalue weighted by atomic mass is 10.00. The molecule has 0 aliphatic rings. The van der Waals surface area contributed by atoms with E-state index in [1.807, 2.05) is 19.9 Å². The van der Waals surface area contributed by atoms with E-state index >= 15 is 0 Å². The summed E-state index contributed by atoms with van der Waals surface area (Å²) >= 11 is 0. The van der Waals surface area contributed by atoms with Crippen molar-refractivity contribution in [3.05, 3.63) is 29.3 Å². The van der Waals surface area contributed by atoms with Crippen LogP contribution in [0.3, 0.4) is 0 Å². The Morgan fingerprint density at radius 2 is 2.11 bits per heavy atom. The highest BCUT2D eigenvalue weighted by Gasteiger charge is 2.22. The second-order valence-corrected chi connectivity index (χ2v) is 4.00. The van der Waals surface area contributed by atoms with E-state index in [9.17, 15) is 9.59 Å². The van der Waals surface area contributed by atoms with Gasteiger partial charge in [-0.1, -0.05) is 11.6 Å². The SMILES string of the molecule is CCOc1ccc(C)cc1C(=O)C(N)CC(=O)O. The van der Waals surface area contributed by atoms with Crippen LogP contribution < -0.4 is 10.5 Å². The molecule has 3 N–H and O–H groups in total. The zero-order valence-corrected chi connectivity index (χ0v) is 10.5. The Morgan fingerprint density at radius 1 is 1.44 bits per heavy atom. The standard InChI is InChI=1S/C13H17NO4/c1-3-18-11-5-4-8(2)6-9(11)13(17)10(14)7-12(15)16/h4-6,10H,3,7,14H2,1-2H3,(H,15,16).